The Balaban J connectivity index is 2.60. The molecule has 0 N–H and O–H groups in total. The van der Waals surface area contributed by atoms with Crippen molar-refractivity contribution in [2.24, 2.45) is 5.41 Å². The molecule has 1 aromatic carbocycles. The normalized spacial score (nSPS) is 17.7. The van der Waals surface area contributed by atoms with E-state index in [0.29, 0.717) is 0 Å². The first kappa shape index (κ1) is 17.3. The van der Waals surface area contributed by atoms with Crippen LogP contribution in [0, 0.1) is 5.41 Å². The summed E-state index contributed by atoms with van der Waals surface area (Å²) in [7, 11) is -0.824. The highest BCUT2D eigenvalue weighted by Gasteiger charge is 2.45. The predicted octanol–water partition coefficient (Wildman–Crippen LogP) is 6.11. The van der Waals surface area contributed by atoms with Crippen molar-refractivity contribution >= 4 is 42.1 Å². The zero-order valence-electron chi connectivity index (χ0n) is 13.6. The predicted molar refractivity (Wildman–Crippen MR) is 97.3 cm³/mol. The van der Waals surface area contributed by atoms with Crippen LogP contribution in [-0.2, 0) is 10.8 Å². The summed E-state index contributed by atoms with van der Waals surface area (Å²) in [6.45, 7) is 13.3. The monoisotopic (exact) mass is 385 g/mol. The molecule has 0 aliphatic heterocycles. The van der Waals surface area contributed by atoms with Crippen molar-refractivity contribution in [3.63, 3.8) is 0 Å². The van der Waals surface area contributed by atoms with E-state index in [1.165, 1.54) is 16.7 Å². The molecule has 0 heterocycles. The molecule has 0 aromatic heterocycles. The summed E-state index contributed by atoms with van der Waals surface area (Å²) in [4.78, 5) is 0. The van der Waals surface area contributed by atoms with Crippen molar-refractivity contribution in [3.8, 4) is 0 Å². The third-order valence-corrected chi connectivity index (χ3v) is 6.17. The van der Waals surface area contributed by atoms with Crippen molar-refractivity contribution in [1.82, 2.24) is 0 Å². The van der Waals surface area contributed by atoms with E-state index in [9.17, 15) is 0 Å². The van der Waals surface area contributed by atoms with Crippen LogP contribution in [0.1, 0.15) is 38.8 Å². The third kappa shape index (κ3) is 3.03. The van der Waals surface area contributed by atoms with E-state index >= 15 is 0 Å². The molecule has 0 saturated carbocycles. The lowest BCUT2D eigenvalue weighted by Crippen LogP contribution is -2.46. The first-order valence-corrected chi connectivity index (χ1v) is 10.8. The third-order valence-electron chi connectivity index (χ3n) is 4.34. The number of hydrogen-bond acceptors (Lipinski definition) is 1. The van der Waals surface area contributed by atoms with Crippen LogP contribution in [0.5, 0.6) is 0 Å². The average molecular weight is 387 g/mol. The molecule has 1 aliphatic carbocycles. The van der Waals surface area contributed by atoms with E-state index < -0.39 is 9.04 Å². The molecule has 0 spiro atoms. The van der Waals surface area contributed by atoms with Crippen LogP contribution in [0.3, 0.4) is 0 Å². The van der Waals surface area contributed by atoms with E-state index in [2.05, 4.69) is 62.8 Å². The van der Waals surface area contributed by atoms with Gasteiger partial charge in [-0.05, 0) is 60.7 Å². The fourth-order valence-corrected chi connectivity index (χ4v) is 4.90. The maximum Gasteiger partial charge on any atom is 0.206 e. The first-order chi connectivity index (χ1) is 9.58. The van der Waals surface area contributed by atoms with Crippen LogP contribution in [0.2, 0.25) is 18.1 Å². The number of benzene rings is 1. The van der Waals surface area contributed by atoms with Gasteiger partial charge in [-0.2, -0.15) is 0 Å². The van der Waals surface area contributed by atoms with Crippen LogP contribution in [0.4, 0.5) is 0 Å². The van der Waals surface area contributed by atoms with Gasteiger partial charge in [-0.25, -0.2) is 0 Å². The lowest BCUT2D eigenvalue weighted by molar-refractivity contribution is 0.0369. The lowest BCUT2D eigenvalue weighted by atomic mass is 9.72. The topological polar surface area (TPSA) is 9.23 Å². The highest BCUT2D eigenvalue weighted by Crippen LogP contribution is 2.50. The Kier molecular flexibility index (Phi) is 4.80. The largest absolute Gasteiger partial charge is 0.407 e. The van der Waals surface area contributed by atoms with Crippen LogP contribution in [0.15, 0.2) is 22.7 Å². The number of fused-ring (bicyclic) bond motifs is 1. The molecule has 0 amide bonds. The maximum atomic E-state index is 6.51. The van der Waals surface area contributed by atoms with Gasteiger partial charge in [-0.1, -0.05) is 54.4 Å². The molecule has 1 nitrogen and oxygen atoms in total. The van der Waals surface area contributed by atoms with Gasteiger partial charge in [0.2, 0.25) is 9.04 Å². The summed E-state index contributed by atoms with van der Waals surface area (Å²) in [5.41, 5.74) is 3.39. The van der Waals surface area contributed by atoms with Crippen molar-refractivity contribution < 1.29 is 4.43 Å². The zero-order valence-corrected chi connectivity index (χ0v) is 16.9. The summed E-state index contributed by atoms with van der Waals surface area (Å²) >= 11 is 10.1. The maximum absolute atomic E-state index is 6.51. The van der Waals surface area contributed by atoms with Gasteiger partial charge in [0.15, 0.2) is 0 Å². The molecular formula is C17H23BrClOSi. The minimum Gasteiger partial charge on any atom is -0.407 e. The highest BCUT2D eigenvalue weighted by atomic mass is 79.9. The number of rotatable bonds is 3. The first-order valence-electron chi connectivity index (χ1n) is 7.25. The van der Waals surface area contributed by atoms with E-state index in [4.69, 9.17) is 16.0 Å². The van der Waals surface area contributed by atoms with Gasteiger partial charge in [-0.3, -0.25) is 0 Å². The number of halogens is 2. The van der Waals surface area contributed by atoms with Gasteiger partial charge in [0.25, 0.3) is 0 Å². The number of hydrogen-bond donors (Lipinski definition) is 0. The van der Waals surface area contributed by atoms with Crippen LogP contribution in [0.25, 0.3) is 5.57 Å². The van der Waals surface area contributed by atoms with Crippen molar-refractivity contribution in [3.05, 3.63) is 38.8 Å². The smallest absolute Gasteiger partial charge is 0.206 e. The minimum absolute atomic E-state index is 0.00410. The fraction of sp³-hybridized carbons (Fsp3) is 0.529. The standard InChI is InChI=1S/C17H23BrClOSi/c1-16(2,3)17(4,20-21(5)6)12-8-7-11-14(19)10-9-13(18)15(11)12/h8-10H,7H2,1-6H3. The Morgan fingerprint density at radius 3 is 2.33 bits per heavy atom. The van der Waals surface area contributed by atoms with Crippen molar-refractivity contribution in [2.45, 2.75) is 52.8 Å². The molecule has 0 fully saturated rings. The fourth-order valence-electron chi connectivity index (χ4n) is 2.84. The molecule has 1 aromatic rings. The quantitative estimate of drug-likeness (QED) is 0.569. The van der Waals surface area contributed by atoms with E-state index in [1.807, 2.05) is 12.1 Å². The molecule has 1 unspecified atom stereocenters. The minimum atomic E-state index is -0.824. The van der Waals surface area contributed by atoms with Crippen molar-refractivity contribution in [1.29, 1.82) is 0 Å². The highest BCUT2D eigenvalue weighted by molar-refractivity contribution is 9.10. The van der Waals surface area contributed by atoms with Gasteiger partial charge >= 0.3 is 0 Å². The molecule has 1 aliphatic rings. The van der Waals surface area contributed by atoms with E-state index in [0.717, 1.165) is 15.9 Å². The molecule has 0 bridgehead atoms. The molecule has 1 atom stereocenters. The van der Waals surface area contributed by atoms with Gasteiger partial charge in [-0.15, -0.1) is 0 Å². The number of allylic oxidation sites excluding steroid dienone is 1. The van der Waals surface area contributed by atoms with Crippen LogP contribution < -0.4 is 0 Å². The van der Waals surface area contributed by atoms with Gasteiger partial charge in [0.05, 0.1) is 5.60 Å². The van der Waals surface area contributed by atoms with E-state index in [1.54, 1.807) is 0 Å². The Morgan fingerprint density at radius 1 is 1.19 bits per heavy atom. The Bertz CT molecular complexity index is 589. The SMILES string of the molecule is C[Si](C)OC(C)(C1=CCc2c(Cl)ccc(Br)c21)C(C)(C)C. The molecule has 115 valence electrons. The summed E-state index contributed by atoms with van der Waals surface area (Å²) in [6, 6.07) is 4.00. The average Bonchev–Trinajstić information content (AvgIpc) is 2.77. The van der Waals surface area contributed by atoms with Gasteiger partial charge in [0, 0.05) is 9.50 Å². The molecule has 4 heteroatoms. The van der Waals surface area contributed by atoms with Crippen molar-refractivity contribution in [2.75, 3.05) is 0 Å². The summed E-state index contributed by atoms with van der Waals surface area (Å²) in [5.74, 6) is 0. The van der Waals surface area contributed by atoms with E-state index in [-0.39, 0.29) is 11.0 Å². The van der Waals surface area contributed by atoms with Crippen LogP contribution >= 0.6 is 27.5 Å². The summed E-state index contributed by atoms with van der Waals surface area (Å²) in [6.07, 6.45) is 3.17. The Morgan fingerprint density at radius 2 is 1.81 bits per heavy atom. The lowest BCUT2D eigenvalue weighted by Gasteiger charge is -2.45. The second-order valence-electron chi connectivity index (χ2n) is 7.00. The molecule has 1 radical (unpaired) electrons. The van der Waals surface area contributed by atoms with Gasteiger partial charge in [0.1, 0.15) is 0 Å². The summed E-state index contributed by atoms with van der Waals surface area (Å²) < 4.78 is 7.61. The zero-order chi connectivity index (χ0) is 16.0. The molecule has 21 heavy (non-hydrogen) atoms. The van der Waals surface area contributed by atoms with Crippen LogP contribution in [-0.4, -0.2) is 14.6 Å². The second kappa shape index (κ2) is 5.84. The molecule has 2 rings (SSSR count). The van der Waals surface area contributed by atoms with Gasteiger partial charge < -0.3 is 4.43 Å². The molecular weight excluding hydrogens is 364 g/mol. The second-order valence-corrected chi connectivity index (χ2v) is 10.3. The summed E-state index contributed by atoms with van der Waals surface area (Å²) in [5, 5.41) is 0.842. The Hall–Kier alpha value is -0.0931. The molecule has 0 saturated heterocycles. The Labute approximate surface area is 143 Å².